The molecule has 0 aromatic carbocycles. The molecule has 1 saturated carbocycles. The number of carbonyl (C=O) groups is 1. The van der Waals surface area contributed by atoms with E-state index in [1.165, 1.54) is 0 Å². The van der Waals surface area contributed by atoms with E-state index in [1.807, 2.05) is 20.8 Å². The van der Waals surface area contributed by atoms with Crippen molar-refractivity contribution in [3.63, 3.8) is 0 Å². The summed E-state index contributed by atoms with van der Waals surface area (Å²) in [4.78, 5) is 23.0. The van der Waals surface area contributed by atoms with Crippen LogP contribution < -0.4 is 15.5 Å². The molecule has 0 bridgehead atoms. The van der Waals surface area contributed by atoms with E-state index in [-0.39, 0.29) is 11.7 Å². The Kier molecular flexibility index (Phi) is 5.48. The highest BCUT2D eigenvalue weighted by molar-refractivity contribution is 5.90. The van der Waals surface area contributed by atoms with Gasteiger partial charge in [-0.15, -0.1) is 0 Å². The van der Waals surface area contributed by atoms with Gasteiger partial charge in [-0.3, -0.25) is 4.79 Å². The summed E-state index contributed by atoms with van der Waals surface area (Å²) in [5, 5.41) is 16.5. The first-order valence-electron chi connectivity index (χ1n) is 9.60. The van der Waals surface area contributed by atoms with Crippen molar-refractivity contribution in [2.75, 3.05) is 25.0 Å². The maximum atomic E-state index is 11.9. The third kappa shape index (κ3) is 4.15. The van der Waals surface area contributed by atoms with E-state index in [9.17, 15) is 9.90 Å². The molecule has 1 saturated heterocycles. The first-order valence-corrected chi connectivity index (χ1v) is 9.60. The van der Waals surface area contributed by atoms with Crippen molar-refractivity contribution in [2.45, 2.75) is 70.6 Å². The maximum Gasteiger partial charge on any atom is 0.288 e. The zero-order valence-corrected chi connectivity index (χ0v) is 16.3. The lowest BCUT2D eigenvalue weighted by Gasteiger charge is -2.35. The van der Waals surface area contributed by atoms with Gasteiger partial charge in [0.15, 0.2) is 0 Å². The smallest absolute Gasteiger partial charge is 0.288 e. The number of nitrogens with zero attached hydrogens (tertiary/aromatic N) is 3. The molecule has 1 aromatic rings. The molecule has 1 aliphatic heterocycles. The normalized spacial score (nSPS) is 29.0. The molecule has 3 rings (SSSR count). The number of hydrogen-bond acceptors (Lipinski definition) is 6. The highest BCUT2D eigenvalue weighted by Gasteiger charge is 2.32. The van der Waals surface area contributed by atoms with E-state index in [4.69, 9.17) is 0 Å². The van der Waals surface area contributed by atoms with Crippen molar-refractivity contribution in [1.29, 1.82) is 0 Å². The minimum absolute atomic E-state index is 0.233. The molecule has 1 aliphatic carbocycles. The summed E-state index contributed by atoms with van der Waals surface area (Å²) in [5.41, 5.74) is 1.39. The van der Waals surface area contributed by atoms with Crippen LogP contribution in [0.2, 0.25) is 0 Å². The van der Waals surface area contributed by atoms with Gasteiger partial charge in [0.2, 0.25) is 5.82 Å². The number of amides is 1. The fourth-order valence-corrected chi connectivity index (χ4v) is 3.96. The average Bonchev–Trinajstić information content (AvgIpc) is 3.06. The van der Waals surface area contributed by atoms with Gasteiger partial charge in [0.1, 0.15) is 5.82 Å². The van der Waals surface area contributed by atoms with Crippen molar-refractivity contribution >= 4 is 11.7 Å². The zero-order chi connectivity index (χ0) is 18.9. The minimum Gasteiger partial charge on any atom is -0.390 e. The first-order chi connectivity index (χ1) is 12.3. The Hall–Kier alpha value is -1.73. The molecule has 0 radical (unpaired) electrons. The number of carbonyl (C=O) groups excluding carboxylic acids is 1. The number of aryl methyl sites for hydroxylation is 1. The fourth-order valence-electron chi connectivity index (χ4n) is 3.96. The molecule has 0 spiro atoms. The number of aromatic nitrogens is 2. The first kappa shape index (κ1) is 19.0. The Bertz CT molecular complexity index is 666. The van der Waals surface area contributed by atoms with Crippen LogP contribution >= 0.6 is 0 Å². The van der Waals surface area contributed by atoms with Gasteiger partial charge in [0, 0.05) is 43.5 Å². The van der Waals surface area contributed by atoms with Crippen LogP contribution in [0, 0.1) is 13.8 Å². The van der Waals surface area contributed by atoms with E-state index in [2.05, 4.69) is 25.5 Å². The van der Waals surface area contributed by atoms with Gasteiger partial charge < -0.3 is 20.6 Å². The van der Waals surface area contributed by atoms with Crippen molar-refractivity contribution in [1.82, 2.24) is 20.6 Å². The Morgan fingerprint density at radius 1 is 1.19 bits per heavy atom. The lowest BCUT2D eigenvalue weighted by atomic mass is 9.83. The van der Waals surface area contributed by atoms with Crippen LogP contribution in [-0.4, -0.2) is 58.8 Å². The standard InChI is InChI=1S/C19H31N5O2/c1-12-13(2)21-16(18(25)20-4)23-17(12)24-10-7-15(11-24)22-14-5-8-19(3,26)9-6-14/h14-15,22,26H,5-11H2,1-4H3,(H,20,25)/t14?,15-,19?/m1/s1. The number of hydrogen-bond donors (Lipinski definition) is 3. The maximum absolute atomic E-state index is 11.9. The topological polar surface area (TPSA) is 90.4 Å². The third-order valence-corrected chi connectivity index (χ3v) is 5.82. The molecule has 1 aromatic heterocycles. The van der Waals surface area contributed by atoms with Crippen molar-refractivity contribution in [3.8, 4) is 0 Å². The van der Waals surface area contributed by atoms with E-state index in [0.29, 0.717) is 12.1 Å². The molecule has 2 fully saturated rings. The summed E-state index contributed by atoms with van der Waals surface area (Å²) in [7, 11) is 1.60. The highest BCUT2D eigenvalue weighted by Crippen LogP contribution is 2.29. The second-order valence-corrected chi connectivity index (χ2v) is 8.03. The number of aliphatic hydroxyl groups is 1. The predicted octanol–water partition coefficient (Wildman–Crippen LogP) is 1.31. The minimum atomic E-state index is -0.494. The quantitative estimate of drug-likeness (QED) is 0.749. The van der Waals surface area contributed by atoms with Crippen LogP contribution in [-0.2, 0) is 0 Å². The van der Waals surface area contributed by atoms with Gasteiger partial charge in [-0.05, 0) is 52.9 Å². The van der Waals surface area contributed by atoms with Crippen LogP contribution in [0.1, 0.15) is 60.9 Å². The van der Waals surface area contributed by atoms with Gasteiger partial charge in [0.25, 0.3) is 5.91 Å². The van der Waals surface area contributed by atoms with Gasteiger partial charge in [0.05, 0.1) is 5.60 Å². The molecule has 1 amide bonds. The lowest BCUT2D eigenvalue weighted by Crippen LogP contribution is -2.45. The van der Waals surface area contributed by atoms with Crippen LogP contribution in [0.4, 0.5) is 5.82 Å². The summed E-state index contributed by atoms with van der Waals surface area (Å²) >= 11 is 0. The summed E-state index contributed by atoms with van der Waals surface area (Å²) in [6.07, 6.45) is 4.83. The number of anilines is 1. The Morgan fingerprint density at radius 2 is 1.88 bits per heavy atom. The predicted molar refractivity (Wildman–Crippen MR) is 102 cm³/mol. The number of nitrogens with one attached hydrogen (secondary N) is 2. The van der Waals surface area contributed by atoms with Crippen molar-refractivity contribution < 1.29 is 9.90 Å². The molecular formula is C19H31N5O2. The highest BCUT2D eigenvalue weighted by atomic mass is 16.3. The molecule has 144 valence electrons. The van der Waals surface area contributed by atoms with Gasteiger partial charge in [-0.2, -0.15) is 0 Å². The monoisotopic (exact) mass is 361 g/mol. The Balaban J connectivity index is 1.65. The fraction of sp³-hybridized carbons (Fsp3) is 0.737. The summed E-state index contributed by atoms with van der Waals surface area (Å²) in [6, 6.07) is 0.899. The van der Waals surface area contributed by atoms with Crippen LogP contribution in [0.25, 0.3) is 0 Å². The molecular weight excluding hydrogens is 330 g/mol. The molecule has 1 atom stereocenters. The van der Waals surface area contributed by atoms with Gasteiger partial charge in [-0.1, -0.05) is 0 Å². The molecule has 0 unspecified atom stereocenters. The number of rotatable bonds is 4. The SMILES string of the molecule is CNC(=O)c1nc(C)c(C)c(N2CC[C@@H](NC3CCC(C)(O)CC3)C2)n1. The average molecular weight is 361 g/mol. The summed E-state index contributed by atoms with van der Waals surface area (Å²) in [5.74, 6) is 0.848. The van der Waals surface area contributed by atoms with Gasteiger partial charge >= 0.3 is 0 Å². The second-order valence-electron chi connectivity index (χ2n) is 8.03. The van der Waals surface area contributed by atoms with Crippen molar-refractivity contribution in [2.24, 2.45) is 0 Å². The molecule has 2 aliphatic rings. The van der Waals surface area contributed by atoms with Crippen LogP contribution in [0.5, 0.6) is 0 Å². The van der Waals surface area contributed by atoms with E-state index in [1.54, 1.807) is 7.05 Å². The van der Waals surface area contributed by atoms with E-state index < -0.39 is 5.60 Å². The van der Waals surface area contributed by atoms with Gasteiger partial charge in [-0.25, -0.2) is 9.97 Å². The van der Waals surface area contributed by atoms with Crippen LogP contribution in [0.3, 0.4) is 0 Å². The Morgan fingerprint density at radius 3 is 2.54 bits per heavy atom. The van der Waals surface area contributed by atoms with E-state index in [0.717, 1.165) is 62.3 Å². The molecule has 26 heavy (non-hydrogen) atoms. The third-order valence-electron chi connectivity index (χ3n) is 5.82. The lowest BCUT2D eigenvalue weighted by molar-refractivity contribution is 0.0132. The van der Waals surface area contributed by atoms with E-state index >= 15 is 0 Å². The molecule has 7 nitrogen and oxygen atoms in total. The van der Waals surface area contributed by atoms with Crippen LogP contribution in [0.15, 0.2) is 0 Å². The zero-order valence-electron chi connectivity index (χ0n) is 16.3. The summed E-state index contributed by atoms with van der Waals surface area (Å²) < 4.78 is 0. The molecule has 7 heteroatoms. The van der Waals surface area contributed by atoms with Crippen molar-refractivity contribution in [3.05, 3.63) is 17.1 Å². The summed E-state index contributed by atoms with van der Waals surface area (Å²) in [6.45, 7) is 7.68. The molecule has 3 N–H and O–H groups in total. The Labute approximate surface area is 155 Å². The largest absolute Gasteiger partial charge is 0.390 e. The second kappa shape index (κ2) is 7.48. The molecule has 2 heterocycles.